The van der Waals surface area contributed by atoms with Crippen LogP contribution in [0.3, 0.4) is 0 Å². The molecular weight excluding hydrogens is 344 g/mol. The van der Waals surface area contributed by atoms with Gasteiger partial charge in [0.25, 0.3) is 0 Å². The monoisotopic (exact) mass is 362 g/mol. The van der Waals surface area contributed by atoms with E-state index in [4.69, 9.17) is 14.6 Å². The average Bonchev–Trinajstić information content (AvgIpc) is 3.37. The molecule has 0 radical (unpaired) electrons. The van der Waals surface area contributed by atoms with Gasteiger partial charge in [-0.15, -0.1) is 11.3 Å². The first kappa shape index (κ1) is 15.5. The van der Waals surface area contributed by atoms with Crippen molar-refractivity contribution in [3.05, 3.63) is 82.0 Å². The minimum atomic E-state index is -0.262. The van der Waals surface area contributed by atoms with Gasteiger partial charge < -0.3 is 9.47 Å². The van der Waals surface area contributed by atoms with Crippen LogP contribution in [0, 0.1) is 0 Å². The molecule has 0 N–H and O–H groups in total. The highest BCUT2D eigenvalue weighted by molar-refractivity contribution is 7.12. The molecule has 0 saturated heterocycles. The molecule has 0 aliphatic carbocycles. The van der Waals surface area contributed by atoms with Gasteiger partial charge in [0.15, 0.2) is 0 Å². The molecule has 3 aromatic rings. The number of fused-ring (bicyclic) bond motifs is 3. The van der Waals surface area contributed by atoms with Gasteiger partial charge in [-0.3, -0.25) is 0 Å². The number of hydrazone groups is 1. The Morgan fingerprint density at radius 2 is 2.04 bits per heavy atom. The van der Waals surface area contributed by atoms with E-state index in [0.717, 1.165) is 29.2 Å². The molecule has 1 aromatic heterocycles. The summed E-state index contributed by atoms with van der Waals surface area (Å²) < 4.78 is 11.8. The number of nitrogens with zero attached hydrogens (tertiary/aromatic N) is 2. The number of hydrogen-bond acceptors (Lipinski definition) is 5. The summed E-state index contributed by atoms with van der Waals surface area (Å²) >= 11 is 1.73. The van der Waals surface area contributed by atoms with E-state index in [-0.39, 0.29) is 12.3 Å². The number of hydrogen-bond donors (Lipinski definition) is 0. The van der Waals surface area contributed by atoms with Crippen LogP contribution in [0.1, 0.15) is 34.7 Å². The molecule has 0 saturated carbocycles. The molecule has 3 heterocycles. The van der Waals surface area contributed by atoms with Gasteiger partial charge in [-0.05, 0) is 29.6 Å². The summed E-state index contributed by atoms with van der Waals surface area (Å²) in [6.45, 7) is 0. The predicted octanol–water partition coefficient (Wildman–Crippen LogP) is 5.00. The predicted molar refractivity (Wildman–Crippen MR) is 103 cm³/mol. The zero-order valence-corrected chi connectivity index (χ0v) is 15.1. The van der Waals surface area contributed by atoms with Crippen molar-refractivity contribution in [2.24, 2.45) is 5.10 Å². The third-order valence-corrected chi connectivity index (χ3v) is 5.80. The molecule has 4 nitrogen and oxygen atoms in total. The third kappa shape index (κ3) is 2.47. The minimum Gasteiger partial charge on any atom is -0.497 e. The second kappa shape index (κ2) is 6.18. The van der Waals surface area contributed by atoms with E-state index in [9.17, 15) is 0 Å². The van der Waals surface area contributed by atoms with Crippen molar-refractivity contribution in [3.63, 3.8) is 0 Å². The summed E-state index contributed by atoms with van der Waals surface area (Å²) in [5.41, 5.74) is 3.36. The van der Waals surface area contributed by atoms with E-state index >= 15 is 0 Å². The second-order valence-electron chi connectivity index (χ2n) is 6.41. The average molecular weight is 362 g/mol. The molecule has 2 aromatic carbocycles. The maximum atomic E-state index is 6.36. The minimum absolute atomic E-state index is 0.188. The van der Waals surface area contributed by atoms with Crippen LogP contribution < -0.4 is 9.47 Å². The highest BCUT2D eigenvalue weighted by atomic mass is 32.1. The highest BCUT2D eigenvalue weighted by Crippen LogP contribution is 2.47. The molecule has 130 valence electrons. The van der Waals surface area contributed by atoms with Crippen molar-refractivity contribution in [1.82, 2.24) is 5.01 Å². The maximum absolute atomic E-state index is 6.36. The second-order valence-corrected chi connectivity index (χ2v) is 7.36. The molecule has 26 heavy (non-hydrogen) atoms. The first-order valence-electron chi connectivity index (χ1n) is 8.63. The Morgan fingerprint density at radius 3 is 2.88 bits per heavy atom. The summed E-state index contributed by atoms with van der Waals surface area (Å²) in [5.74, 6) is 1.76. The van der Waals surface area contributed by atoms with Crippen LogP contribution in [0.2, 0.25) is 0 Å². The Hall–Kier alpha value is -2.79. The lowest BCUT2D eigenvalue weighted by Crippen LogP contribution is -2.33. The number of para-hydroxylation sites is 1. The SMILES string of the molecule is COc1cccc([C@H]2Oc3ccccc3[C@@H]3CC(c4cccs4)=NN23)c1. The van der Waals surface area contributed by atoms with E-state index in [1.807, 2.05) is 30.3 Å². The third-order valence-electron chi connectivity index (χ3n) is 4.88. The lowest BCUT2D eigenvalue weighted by molar-refractivity contribution is -0.0191. The fourth-order valence-corrected chi connectivity index (χ4v) is 4.36. The van der Waals surface area contributed by atoms with Crippen molar-refractivity contribution in [2.45, 2.75) is 18.7 Å². The van der Waals surface area contributed by atoms with E-state index in [1.165, 1.54) is 10.4 Å². The summed E-state index contributed by atoms with van der Waals surface area (Å²) in [7, 11) is 1.68. The van der Waals surface area contributed by atoms with E-state index in [1.54, 1.807) is 18.4 Å². The Morgan fingerprint density at radius 1 is 1.12 bits per heavy atom. The normalized spacial score (nSPS) is 20.8. The van der Waals surface area contributed by atoms with Crippen LogP contribution in [0.25, 0.3) is 0 Å². The zero-order valence-electron chi connectivity index (χ0n) is 14.3. The van der Waals surface area contributed by atoms with Crippen molar-refractivity contribution in [2.75, 3.05) is 7.11 Å². The number of methoxy groups -OCH3 is 1. The summed E-state index contributed by atoms with van der Waals surface area (Å²) in [4.78, 5) is 1.22. The van der Waals surface area contributed by atoms with Gasteiger partial charge in [0.2, 0.25) is 6.23 Å². The molecule has 0 spiro atoms. The molecule has 5 rings (SSSR count). The topological polar surface area (TPSA) is 34.1 Å². The van der Waals surface area contributed by atoms with Crippen LogP contribution in [0.4, 0.5) is 0 Å². The number of benzene rings is 2. The zero-order chi connectivity index (χ0) is 17.5. The molecular formula is C21H18N2O2S. The molecule has 0 bridgehead atoms. The highest BCUT2D eigenvalue weighted by Gasteiger charge is 2.41. The standard InChI is InChI=1S/C21H18N2O2S/c1-24-15-7-4-6-14(12-15)21-23-18(16-8-2-3-9-19(16)25-21)13-17(22-23)20-10-5-11-26-20/h2-12,18,21H,13H2,1H3/t18-,21+/m0/s1. The largest absolute Gasteiger partial charge is 0.497 e. The van der Waals surface area contributed by atoms with Crippen molar-refractivity contribution >= 4 is 17.0 Å². The molecule has 0 amide bonds. The summed E-state index contributed by atoms with van der Waals surface area (Å²) in [6.07, 6.45) is 0.629. The van der Waals surface area contributed by atoms with Crippen LogP contribution in [-0.2, 0) is 0 Å². The van der Waals surface area contributed by atoms with Gasteiger partial charge in [0.05, 0.1) is 23.7 Å². The molecule has 5 heteroatoms. The van der Waals surface area contributed by atoms with Gasteiger partial charge in [-0.25, -0.2) is 5.01 Å². The van der Waals surface area contributed by atoms with Gasteiger partial charge in [-0.1, -0.05) is 36.4 Å². The Balaban J connectivity index is 1.60. The quantitative estimate of drug-likeness (QED) is 0.658. The van der Waals surface area contributed by atoms with Crippen molar-refractivity contribution in [1.29, 1.82) is 0 Å². The number of thiophene rings is 1. The van der Waals surface area contributed by atoms with Gasteiger partial charge >= 0.3 is 0 Å². The Labute approximate surface area is 156 Å². The van der Waals surface area contributed by atoms with Crippen LogP contribution in [-0.4, -0.2) is 17.8 Å². The van der Waals surface area contributed by atoms with Gasteiger partial charge in [0.1, 0.15) is 11.5 Å². The summed E-state index contributed by atoms with van der Waals surface area (Å²) in [5, 5.41) is 9.16. The first-order chi connectivity index (χ1) is 12.8. The first-order valence-corrected chi connectivity index (χ1v) is 9.50. The fourth-order valence-electron chi connectivity index (χ4n) is 3.64. The molecule has 2 aliphatic heterocycles. The Kier molecular flexibility index (Phi) is 3.68. The van der Waals surface area contributed by atoms with Crippen LogP contribution >= 0.6 is 11.3 Å². The van der Waals surface area contributed by atoms with Crippen molar-refractivity contribution < 1.29 is 9.47 Å². The van der Waals surface area contributed by atoms with E-state index in [0.29, 0.717) is 0 Å². The Bertz CT molecular complexity index is 968. The van der Waals surface area contributed by atoms with Gasteiger partial charge in [-0.2, -0.15) is 5.10 Å². The lowest BCUT2D eigenvalue weighted by atomic mass is 9.98. The van der Waals surface area contributed by atoms with E-state index < -0.39 is 0 Å². The lowest BCUT2D eigenvalue weighted by Gasteiger charge is -2.38. The molecule has 2 aliphatic rings. The summed E-state index contributed by atoms with van der Waals surface area (Å²) in [6, 6.07) is 20.7. The fraction of sp³-hybridized carbons (Fsp3) is 0.190. The van der Waals surface area contributed by atoms with Crippen LogP contribution in [0.15, 0.2) is 71.1 Å². The number of ether oxygens (including phenoxy) is 2. The molecule has 2 atom stereocenters. The maximum Gasteiger partial charge on any atom is 0.214 e. The molecule has 0 unspecified atom stereocenters. The molecule has 0 fully saturated rings. The van der Waals surface area contributed by atoms with E-state index in [2.05, 4.69) is 40.7 Å². The van der Waals surface area contributed by atoms with Crippen molar-refractivity contribution in [3.8, 4) is 11.5 Å². The van der Waals surface area contributed by atoms with Gasteiger partial charge in [0, 0.05) is 17.5 Å². The number of rotatable bonds is 3. The smallest absolute Gasteiger partial charge is 0.214 e. The van der Waals surface area contributed by atoms with Crippen LogP contribution in [0.5, 0.6) is 11.5 Å².